The molecule has 9 heteroatoms. The summed E-state index contributed by atoms with van der Waals surface area (Å²) in [5.74, 6) is -0.849. The van der Waals surface area contributed by atoms with Gasteiger partial charge in [-0.15, -0.1) is 0 Å². The van der Waals surface area contributed by atoms with E-state index in [0.29, 0.717) is 35.7 Å². The zero-order valence-corrected chi connectivity index (χ0v) is 20.7. The van der Waals surface area contributed by atoms with E-state index in [-0.39, 0.29) is 23.3 Å². The smallest absolute Gasteiger partial charge is 0.255 e. The van der Waals surface area contributed by atoms with Gasteiger partial charge in [-0.25, -0.2) is 8.42 Å². The molecule has 4 rings (SSSR count). The van der Waals surface area contributed by atoms with Gasteiger partial charge in [0.1, 0.15) is 0 Å². The van der Waals surface area contributed by atoms with Gasteiger partial charge < -0.3 is 10.2 Å². The van der Waals surface area contributed by atoms with Crippen LogP contribution < -0.4 is 5.32 Å². The molecule has 2 aliphatic heterocycles. The minimum atomic E-state index is -3.72. The van der Waals surface area contributed by atoms with E-state index in [2.05, 4.69) is 5.32 Å². The molecule has 182 valence electrons. The van der Waals surface area contributed by atoms with E-state index >= 15 is 0 Å². The van der Waals surface area contributed by atoms with Crippen molar-refractivity contribution in [3.63, 3.8) is 0 Å². The highest BCUT2D eigenvalue weighted by molar-refractivity contribution is 7.89. The molecule has 0 unspecified atom stereocenters. The van der Waals surface area contributed by atoms with Crippen molar-refractivity contribution in [2.24, 2.45) is 5.92 Å². The van der Waals surface area contributed by atoms with Gasteiger partial charge in [0.25, 0.3) is 5.91 Å². The van der Waals surface area contributed by atoms with E-state index in [9.17, 15) is 18.0 Å². The minimum absolute atomic E-state index is 0.0756. The Bertz CT molecular complexity index is 1130. The van der Waals surface area contributed by atoms with E-state index in [1.807, 2.05) is 4.90 Å². The van der Waals surface area contributed by atoms with Gasteiger partial charge in [-0.3, -0.25) is 9.59 Å². The molecule has 0 aromatic heterocycles. The predicted molar refractivity (Wildman–Crippen MR) is 132 cm³/mol. The van der Waals surface area contributed by atoms with Crippen molar-refractivity contribution in [3.05, 3.63) is 59.1 Å². The Labute approximate surface area is 206 Å². The first kappa shape index (κ1) is 24.7. The summed E-state index contributed by atoms with van der Waals surface area (Å²) in [4.78, 5) is 28.3. The average molecular weight is 504 g/mol. The molecule has 0 radical (unpaired) electrons. The minimum Gasteiger partial charge on any atom is -0.339 e. The Morgan fingerprint density at radius 2 is 1.56 bits per heavy atom. The number of nitrogens with one attached hydrogen (secondary N) is 1. The molecule has 0 aliphatic carbocycles. The van der Waals surface area contributed by atoms with Crippen molar-refractivity contribution in [3.8, 4) is 0 Å². The number of nitrogens with zero attached hydrogens (tertiary/aromatic N) is 2. The number of likely N-dealkylation sites (tertiary alicyclic amines) is 1. The molecule has 0 spiro atoms. The maximum atomic E-state index is 13.2. The lowest BCUT2D eigenvalue weighted by atomic mass is 9.98. The lowest BCUT2D eigenvalue weighted by Gasteiger charge is -2.31. The molecule has 1 atom stereocenters. The van der Waals surface area contributed by atoms with Crippen LogP contribution in [0.3, 0.4) is 0 Å². The number of hydrogen-bond acceptors (Lipinski definition) is 4. The Kier molecular flexibility index (Phi) is 7.91. The summed E-state index contributed by atoms with van der Waals surface area (Å²) in [6.07, 6.45) is 5.39. The maximum absolute atomic E-state index is 13.2. The van der Waals surface area contributed by atoms with E-state index in [1.165, 1.54) is 16.4 Å². The molecule has 2 aliphatic rings. The topological polar surface area (TPSA) is 86.8 Å². The molecular formula is C25H30ClN3O4S. The lowest BCUT2D eigenvalue weighted by molar-refractivity contribution is -0.120. The molecule has 2 heterocycles. The third-order valence-electron chi connectivity index (χ3n) is 6.51. The summed E-state index contributed by atoms with van der Waals surface area (Å²) in [6, 6.07) is 13.1. The molecule has 2 saturated heterocycles. The second-order valence-electron chi connectivity index (χ2n) is 8.90. The Morgan fingerprint density at radius 1 is 0.882 bits per heavy atom. The van der Waals surface area contributed by atoms with Gasteiger partial charge in [0.05, 0.1) is 22.1 Å². The predicted octanol–water partition coefficient (Wildman–Crippen LogP) is 4.40. The number of piperidine rings is 1. The summed E-state index contributed by atoms with van der Waals surface area (Å²) in [5.41, 5.74) is 0.943. The number of amides is 2. The third kappa shape index (κ3) is 5.62. The summed E-state index contributed by atoms with van der Waals surface area (Å²) in [5, 5.41) is 3.37. The fraction of sp³-hybridized carbons (Fsp3) is 0.440. The highest BCUT2D eigenvalue weighted by Crippen LogP contribution is 2.27. The van der Waals surface area contributed by atoms with Gasteiger partial charge in [0.15, 0.2) is 0 Å². The van der Waals surface area contributed by atoms with Crippen LogP contribution in [0.2, 0.25) is 5.02 Å². The standard InChI is InChI=1S/C25H30ClN3O4S/c26-20-11-13-21(14-12-20)34(32,33)29-17-7-8-19(18-29)24(30)27-23-10-4-3-9-22(23)25(31)28-15-5-1-2-6-16-28/h3-4,9-14,19H,1-2,5-8,15-18H2,(H,27,30)/t19-/m1/s1. The molecule has 1 N–H and O–H groups in total. The van der Waals surface area contributed by atoms with Crippen LogP contribution in [0.1, 0.15) is 48.9 Å². The van der Waals surface area contributed by atoms with E-state index in [4.69, 9.17) is 11.6 Å². The van der Waals surface area contributed by atoms with Crippen molar-refractivity contribution in [1.29, 1.82) is 0 Å². The summed E-state index contributed by atoms with van der Waals surface area (Å²) in [7, 11) is -3.72. The first-order chi connectivity index (χ1) is 16.4. The van der Waals surface area contributed by atoms with Crippen LogP contribution in [0, 0.1) is 5.92 Å². The first-order valence-electron chi connectivity index (χ1n) is 11.8. The van der Waals surface area contributed by atoms with Crippen molar-refractivity contribution < 1.29 is 18.0 Å². The highest BCUT2D eigenvalue weighted by Gasteiger charge is 2.34. The summed E-state index contributed by atoms with van der Waals surface area (Å²) in [6.45, 7) is 1.90. The first-order valence-corrected chi connectivity index (χ1v) is 13.6. The van der Waals surface area contributed by atoms with Crippen LogP contribution in [-0.4, -0.2) is 55.6 Å². The summed E-state index contributed by atoms with van der Waals surface area (Å²) < 4.78 is 27.5. The Morgan fingerprint density at radius 3 is 2.26 bits per heavy atom. The lowest BCUT2D eigenvalue weighted by Crippen LogP contribution is -2.43. The molecule has 0 bridgehead atoms. The molecule has 2 fully saturated rings. The number of hydrogen-bond donors (Lipinski definition) is 1. The van der Waals surface area contributed by atoms with Crippen molar-refractivity contribution in [1.82, 2.24) is 9.21 Å². The monoisotopic (exact) mass is 503 g/mol. The largest absolute Gasteiger partial charge is 0.339 e. The summed E-state index contributed by atoms with van der Waals surface area (Å²) >= 11 is 5.89. The molecule has 2 amide bonds. The number of carbonyl (C=O) groups excluding carboxylic acids is 2. The zero-order valence-electron chi connectivity index (χ0n) is 19.1. The number of anilines is 1. The quantitative estimate of drug-likeness (QED) is 0.655. The highest BCUT2D eigenvalue weighted by atomic mass is 35.5. The average Bonchev–Trinajstić information content (AvgIpc) is 3.14. The molecule has 34 heavy (non-hydrogen) atoms. The molecular weight excluding hydrogens is 474 g/mol. The van der Waals surface area contributed by atoms with Gasteiger partial charge in [0.2, 0.25) is 15.9 Å². The maximum Gasteiger partial charge on any atom is 0.255 e. The Balaban J connectivity index is 1.47. The third-order valence-corrected chi connectivity index (χ3v) is 8.65. The fourth-order valence-corrected chi connectivity index (χ4v) is 6.24. The van der Waals surface area contributed by atoms with Crippen LogP contribution in [0.25, 0.3) is 0 Å². The molecule has 0 saturated carbocycles. The van der Waals surface area contributed by atoms with Gasteiger partial charge in [-0.1, -0.05) is 36.6 Å². The van der Waals surface area contributed by atoms with E-state index in [0.717, 1.165) is 38.8 Å². The fourth-order valence-electron chi connectivity index (χ4n) is 4.59. The van der Waals surface area contributed by atoms with Gasteiger partial charge >= 0.3 is 0 Å². The SMILES string of the molecule is O=C(Nc1ccccc1C(=O)N1CCCCCC1)[C@@H]1CCCN(S(=O)(=O)c2ccc(Cl)cc2)C1. The van der Waals surface area contributed by atoms with Crippen LogP contribution >= 0.6 is 11.6 Å². The Hall–Kier alpha value is -2.42. The van der Waals surface area contributed by atoms with Crippen LogP contribution in [0.15, 0.2) is 53.4 Å². The van der Waals surface area contributed by atoms with Crippen LogP contribution in [-0.2, 0) is 14.8 Å². The number of benzene rings is 2. The number of para-hydroxylation sites is 1. The second-order valence-corrected chi connectivity index (χ2v) is 11.3. The zero-order chi connectivity index (χ0) is 24.1. The van der Waals surface area contributed by atoms with Gasteiger partial charge in [-0.2, -0.15) is 4.31 Å². The molecule has 7 nitrogen and oxygen atoms in total. The van der Waals surface area contributed by atoms with Crippen LogP contribution in [0.4, 0.5) is 5.69 Å². The second kappa shape index (κ2) is 10.9. The van der Waals surface area contributed by atoms with Gasteiger partial charge in [-0.05, 0) is 62.1 Å². The van der Waals surface area contributed by atoms with Crippen molar-refractivity contribution in [2.45, 2.75) is 43.4 Å². The number of carbonyl (C=O) groups is 2. The van der Waals surface area contributed by atoms with E-state index in [1.54, 1.807) is 36.4 Å². The normalized spacial score (nSPS) is 19.9. The number of sulfonamides is 1. The number of halogens is 1. The van der Waals surface area contributed by atoms with Gasteiger partial charge in [0, 0.05) is 31.2 Å². The molecule has 2 aromatic rings. The molecule has 2 aromatic carbocycles. The van der Waals surface area contributed by atoms with E-state index < -0.39 is 15.9 Å². The van der Waals surface area contributed by atoms with Crippen LogP contribution in [0.5, 0.6) is 0 Å². The van der Waals surface area contributed by atoms with Crippen molar-refractivity contribution >= 4 is 39.1 Å². The van der Waals surface area contributed by atoms with Crippen molar-refractivity contribution in [2.75, 3.05) is 31.5 Å². The number of rotatable bonds is 5.